The molecule has 2 rings (SSSR count). The zero-order valence-electron chi connectivity index (χ0n) is 12.3. The van der Waals surface area contributed by atoms with Crippen LogP contribution in [0.1, 0.15) is 37.6 Å². The topological polar surface area (TPSA) is 43.8 Å². The van der Waals surface area contributed by atoms with Crippen molar-refractivity contribution in [1.29, 1.82) is 0 Å². The minimum atomic E-state index is 0.0970. The van der Waals surface area contributed by atoms with Crippen molar-refractivity contribution in [2.24, 2.45) is 0 Å². The van der Waals surface area contributed by atoms with E-state index >= 15 is 0 Å². The van der Waals surface area contributed by atoms with Crippen LogP contribution >= 0.6 is 11.3 Å². The first kappa shape index (κ1) is 15.5. The smallest absolute Gasteiger partial charge is 0.237 e. The van der Waals surface area contributed by atoms with Gasteiger partial charge in [-0.3, -0.25) is 9.69 Å². The molecule has 2 heterocycles. The van der Waals surface area contributed by atoms with Crippen LogP contribution in [0.2, 0.25) is 0 Å². The Morgan fingerprint density at radius 2 is 2.40 bits per heavy atom. The van der Waals surface area contributed by atoms with Gasteiger partial charge in [0.1, 0.15) is 0 Å². The number of carbonyl (C=O) groups is 1. The van der Waals surface area contributed by atoms with Crippen LogP contribution in [0, 0.1) is 0 Å². The third-order valence-electron chi connectivity index (χ3n) is 3.90. The predicted molar refractivity (Wildman–Crippen MR) is 81.8 cm³/mol. The van der Waals surface area contributed by atoms with Crippen LogP contribution in [0.15, 0.2) is 17.5 Å². The van der Waals surface area contributed by atoms with Crippen LogP contribution in [-0.4, -0.2) is 53.1 Å². The van der Waals surface area contributed by atoms with Crippen LogP contribution in [-0.2, 0) is 4.79 Å². The molecule has 0 aliphatic carbocycles. The Labute approximate surface area is 125 Å². The second kappa shape index (κ2) is 7.20. The molecule has 0 aromatic carbocycles. The van der Waals surface area contributed by atoms with Crippen molar-refractivity contribution in [2.75, 3.05) is 26.2 Å². The molecule has 0 radical (unpaired) electrons. The first-order valence-corrected chi connectivity index (χ1v) is 8.19. The van der Waals surface area contributed by atoms with E-state index in [9.17, 15) is 4.79 Å². The molecule has 1 N–H and O–H groups in total. The molecule has 0 bridgehead atoms. The highest BCUT2D eigenvalue weighted by molar-refractivity contribution is 7.10. The standard InChI is InChI=1S/C15H24N2O2S/c1-12(2)16(8-9-18)11-15(19)17-7-3-5-13(17)14-6-4-10-20-14/h4,6,10,12-13,18H,3,5,7-9,11H2,1-2H3. The molecule has 1 aliphatic rings. The summed E-state index contributed by atoms with van der Waals surface area (Å²) in [5.41, 5.74) is 0. The van der Waals surface area contributed by atoms with Gasteiger partial charge in [0.2, 0.25) is 5.91 Å². The van der Waals surface area contributed by atoms with Crippen molar-refractivity contribution in [2.45, 2.75) is 38.8 Å². The fourth-order valence-corrected chi connectivity index (χ4v) is 3.63. The highest BCUT2D eigenvalue weighted by atomic mass is 32.1. The summed E-state index contributed by atoms with van der Waals surface area (Å²) in [6.07, 6.45) is 2.14. The number of thiophene rings is 1. The lowest BCUT2D eigenvalue weighted by Gasteiger charge is -2.30. The van der Waals surface area contributed by atoms with Gasteiger partial charge in [0, 0.05) is 24.0 Å². The number of aliphatic hydroxyl groups is 1. The highest BCUT2D eigenvalue weighted by Crippen LogP contribution is 2.34. The van der Waals surface area contributed by atoms with E-state index in [1.54, 1.807) is 11.3 Å². The van der Waals surface area contributed by atoms with Crippen LogP contribution in [0.25, 0.3) is 0 Å². The zero-order valence-corrected chi connectivity index (χ0v) is 13.1. The summed E-state index contributed by atoms with van der Waals surface area (Å²) in [7, 11) is 0. The predicted octanol–water partition coefficient (Wildman–Crippen LogP) is 2.11. The average Bonchev–Trinajstić information content (AvgIpc) is 3.08. The maximum atomic E-state index is 12.5. The summed E-state index contributed by atoms with van der Waals surface area (Å²) in [4.78, 5) is 17.9. The second-order valence-corrected chi connectivity index (χ2v) is 6.53. The molecule has 20 heavy (non-hydrogen) atoms. The average molecular weight is 296 g/mol. The minimum Gasteiger partial charge on any atom is -0.395 e. The number of carbonyl (C=O) groups excluding carboxylic acids is 1. The Hall–Kier alpha value is -0.910. The number of nitrogens with zero attached hydrogens (tertiary/aromatic N) is 2. The van der Waals surface area contributed by atoms with E-state index in [0.717, 1.165) is 19.4 Å². The lowest BCUT2D eigenvalue weighted by Crippen LogP contribution is -2.43. The van der Waals surface area contributed by atoms with Gasteiger partial charge in [-0.1, -0.05) is 6.07 Å². The van der Waals surface area contributed by atoms with Gasteiger partial charge in [-0.2, -0.15) is 0 Å². The normalized spacial score (nSPS) is 19.2. The molecule has 1 unspecified atom stereocenters. The molecule has 0 saturated carbocycles. The van der Waals surface area contributed by atoms with Gasteiger partial charge in [-0.05, 0) is 38.1 Å². The van der Waals surface area contributed by atoms with Crippen molar-refractivity contribution in [3.63, 3.8) is 0 Å². The lowest BCUT2D eigenvalue weighted by molar-refractivity contribution is -0.133. The number of aliphatic hydroxyl groups excluding tert-OH is 1. The second-order valence-electron chi connectivity index (χ2n) is 5.55. The molecule has 1 aromatic heterocycles. The molecule has 1 fully saturated rings. The van der Waals surface area contributed by atoms with Crippen LogP contribution in [0.3, 0.4) is 0 Å². The minimum absolute atomic E-state index is 0.0970. The van der Waals surface area contributed by atoms with E-state index < -0.39 is 0 Å². The number of likely N-dealkylation sites (tertiary alicyclic amines) is 1. The van der Waals surface area contributed by atoms with Gasteiger partial charge in [-0.15, -0.1) is 11.3 Å². The number of rotatable bonds is 6. The van der Waals surface area contributed by atoms with E-state index in [-0.39, 0.29) is 24.6 Å². The first-order chi connectivity index (χ1) is 9.63. The van der Waals surface area contributed by atoms with E-state index in [4.69, 9.17) is 5.11 Å². The van der Waals surface area contributed by atoms with Gasteiger partial charge in [-0.25, -0.2) is 0 Å². The molecule has 112 valence electrons. The van der Waals surface area contributed by atoms with Crippen molar-refractivity contribution in [3.05, 3.63) is 22.4 Å². The molecule has 1 atom stereocenters. The third-order valence-corrected chi connectivity index (χ3v) is 4.87. The van der Waals surface area contributed by atoms with E-state index in [1.807, 2.05) is 15.9 Å². The molecular formula is C15H24N2O2S. The third kappa shape index (κ3) is 3.59. The summed E-state index contributed by atoms with van der Waals surface area (Å²) in [5.74, 6) is 0.183. The molecule has 1 aliphatic heterocycles. The van der Waals surface area contributed by atoms with E-state index in [1.165, 1.54) is 4.88 Å². The maximum absolute atomic E-state index is 12.5. The fourth-order valence-electron chi connectivity index (χ4n) is 2.75. The van der Waals surface area contributed by atoms with Gasteiger partial charge in [0.15, 0.2) is 0 Å². The van der Waals surface area contributed by atoms with Crippen molar-refractivity contribution in [3.8, 4) is 0 Å². The molecular weight excluding hydrogens is 272 g/mol. The summed E-state index contributed by atoms with van der Waals surface area (Å²) >= 11 is 1.73. The monoisotopic (exact) mass is 296 g/mol. The first-order valence-electron chi connectivity index (χ1n) is 7.31. The zero-order chi connectivity index (χ0) is 14.5. The van der Waals surface area contributed by atoms with Crippen molar-refractivity contribution < 1.29 is 9.90 Å². The van der Waals surface area contributed by atoms with Gasteiger partial charge < -0.3 is 10.0 Å². The van der Waals surface area contributed by atoms with Crippen LogP contribution in [0.4, 0.5) is 0 Å². The highest BCUT2D eigenvalue weighted by Gasteiger charge is 2.31. The number of hydrogen-bond donors (Lipinski definition) is 1. The number of hydrogen-bond acceptors (Lipinski definition) is 4. The molecule has 4 nitrogen and oxygen atoms in total. The van der Waals surface area contributed by atoms with Gasteiger partial charge >= 0.3 is 0 Å². The van der Waals surface area contributed by atoms with Gasteiger partial charge in [0.05, 0.1) is 19.2 Å². The number of amides is 1. The lowest BCUT2D eigenvalue weighted by atomic mass is 10.2. The Morgan fingerprint density at radius 3 is 3.00 bits per heavy atom. The maximum Gasteiger partial charge on any atom is 0.237 e. The van der Waals surface area contributed by atoms with Crippen LogP contribution < -0.4 is 0 Å². The molecule has 1 amide bonds. The van der Waals surface area contributed by atoms with E-state index in [0.29, 0.717) is 13.1 Å². The summed E-state index contributed by atoms with van der Waals surface area (Å²) in [6, 6.07) is 4.70. The van der Waals surface area contributed by atoms with Gasteiger partial charge in [0.25, 0.3) is 0 Å². The Kier molecular flexibility index (Phi) is 5.57. The Balaban J connectivity index is 2.00. The molecule has 5 heteroatoms. The Morgan fingerprint density at radius 1 is 1.60 bits per heavy atom. The molecule has 1 saturated heterocycles. The summed E-state index contributed by atoms with van der Waals surface area (Å²) in [5, 5.41) is 11.2. The molecule has 0 spiro atoms. The SMILES string of the molecule is CC(C)N(CCO)CC(=O)N1CCCC1c1cccs1. The van der Waals surface area contributed by atoms with E-state index in [2.05, 4.69) is 25.3 Å². The van der Waals surface area contributed by atoms with Crippen molar-refractivity contribution >= 4 is 17.2 Å². The summed E-state index contributed by atoms with van der Waals surface area (Å²) in [6.45, 7) is 6.03. The molecule has 1 aromatic rings. The Bertz CT molecular complexity index is 420. The fraction of sp³-hybridized carbons (Fsp3) is 0.667. The summed E-state index contributed by atoms with van der Waals surface area (Å²) < 4.78 is 0. The van der Waals surface area contributed by atoms with Crippen molar-refractivity contribution in [1.82, 2.24) is 9.80 Å². The largest absolute Gasteiger partial charge is 0.395 e. The van der Waals surface area contributed by atoms with Crippen LogP contribution in [0.5, 0.6) is 0 Å². The quantitative estimate of drug-likeness (QED) is 0.874.